The van der Waals surface area contributed by atoms with Crippen molar-refractivity contribution >= 4 is 17.1 Å². The Bertz CT molecular complexity index is 541. The van der Waals surface area contributed by atoms with Crippen LogP contribution in [-0.4, -0.2) is 7.05 Å². The molecule has 0 radical (unpaired) electrons. The largest absolute Gasteiger partial charge is 0.399 e. The van der Waals surface area contributed by atoms with Crippen molar-refractivity contribution in [1.29, 1.82) is 0 Å². The first kappa shape index (κ1) is 11.4. The number of hydrogen-bond acceptors (Lipinski definition) is 2. The summed E-state index contributed by atoms with van der Waals surface area (Å²) >= 11 is 0. The van der Waals surface area contributed by atoms with Crippen LogP contribution in [0.15, 0.2) is 42.5 Å². The Labute approximate surface area is 98.3 Å². The van der Waals surface area contributed by atoms with Gasteiger partial charge in [0.2, 0.25) is 0 Å². The molecule has 0 saturated heterocycles. The fourth-order valence-corrected chi connectivity index (χ4v) is 1.65. The molecule has 0 aliphatic carbocycles. The van der Waals surface area contributed by atoms with E-state index in [-0.39, 0.29) is 5.69 Å². The van der Waals surface area contributed by atoms with E-state index in [4.69, 9.17) is 5.73 Å². The normalized spacial score (nSPS) is 10.3. The molecular formula is C13H12F2N2. The molecule has 88 valence electrons. The van der Waals surface area contributed by atoms with E-state index in [1.54, 1.807) is 31.3 Å². The zero-order valence-corrected chi connectivity index (χ0v) is 9.32. The summed E-state index contributed by atoms with van der Waals surface area (Å²) in [7, 11) is 1.60. The van der Waals surface area contributed by atoms with E-state index in [2.05, 4.69) is 0 Å². The maximum Gasteiger partial charge on any atom is 0.148 e. The van der Waals surface area contributed by atoms with E-state index < -0.39 is 11.6 Å². The molecule has 0 bridgehead atoms. The first-order valence-corrected chi connectivity index (χ1v) is 5.13. The second-order valence-corrected chi connectivity index (χ2v) is 3.72. The molecule has 0 atom stereocenters. The first-order chi connectivity index (χ1) is 8.09. The lowest BCUT2D eigenvalue weighted by atomic mass is 10.2. The van der Waals surface area contributed by atoms with E-state index in [0.29, 0.717) is 11.4 Å². The lowest BCUT2D eigenvalue weighted by Gasteiger charge is -2.20. The predicted octanol–water partition coefficient (Wildman–Crippen LogP) is 3.31. The number of hydrogen-bond donors (Lipinski definition) is 1. The molecule has 2 nitrogen and oxygen atoms in total. The summed E-state index contributed by atoms with van der Waals surface area (Å²) in [4.78, 5) is 1.45. The second kappa shape index (κ2) is 4.41. The number of para-hydroxylation sites is 1. The number of benzene rings is 2. The van der Waals surface area contributed by atoms with E-state index in [0.717, 1.165) is 0 Å². The Morgan fingerprint density at radius 3 is 2.24 bits per heavy atom. The minimum Gasteiger partial charge on any atom is -0.399 e. The average molecular weight is 234 g/mol. The highest BCUT2D eigenvalue weighted by molar-refractivity contribution is 5.65. The summed E-state index contributed by atoms with van der Waals surface area (Å²) in [6.07, 6.45) is 0. The van der Waals surface area contributed by atoms with Gasteiger partial charge >= 0.3 is 0 Å². The minimum atomic E-state index is -0.476. The second-order valence-electron chi connectivity index (χ2n) is 3.72. The van der Waals surface area contributed by atoms with Crippen molar-refractivity contribution in [2.24, 2.45) is 0 Å². The van der Waals surface area contributed by atoms with Crippen molar-refractivity contribution in [2.75, 3.05) is 17.7 Å². The summed E-state index contributed by atoms with van der Waals surface area (Å²) in [6, 6.07) is 10.5. The fraction of sp³-hybridized carbons (Fsp3) is 0.0769. The van der Waals surface area contributed by atoms with Crippen LogP contribution in [0.3, 0.4) is 0 Å². The molecule has 17 heavy (non-hydrogen) atoms. The van der Waals surface area contributed by atoms with Crippen molar-refractivity contribution in [1.82, 2.24) is 0 Å². The number of rotatable bonds is 2. The Morgan fingerprint density at radius 2 is 1.59 bits per heavy atom. The Balaban J connectivity index is 2.44. The molecular weight excluding hydrogens is 222 g/mol. The Hall–Kier alpha value is -2.10. The lowest BCUT2D eigenvalue weighted by molar-refractivity contribution is 0.618. The van der Waals surface area contributed by atoms with Crippen LogP contribution in [0.25, 0.3) is 0 Å². The van der Waals surface area contributed by atoms with Crippen LogP contribution in [0.5, 0.6) is 0 Å². The van der Waals surface area contributed by atoms with Gasteiger partial charge in [0.05, 0.1) is 11.4 Å². The van der Waals surface area contributed by atoms with Crippen molar-refractivity contribution in [3.8, 4) is 0 Å². The molecule has 0 amide bonds. The van der Waals surface area contributed by atoms with Crippen molar-refractivity contribution in [2.45, 2.75) is 0 Å². The summed E-state index contributed by atoms with van der Waals surface area (Å²) in [5, 5.41) is 0. The van der Waals surface area contributed by atoms with Gasteiger partial charge in [-0.25, -0.2) is 8.78 Å². The van der Waals surface area contributed by atoms with Gasteiger partial charge in [-0.15, -0.1) is 0 Å². The van der Waals surface area contributed by atoms with Crippen LogP contribution in [0, 0.1) is 11.6 Å². The summed E-state index contributed by atoms with van der Waals surface area (Å²) in [5.41, 5.74) is 6.40. The Morgan fingerprint density at radius 1 is 0.941 bits per heavy atom. The lowest BCUT2D eigenvalue weighted by Crippen LogP contribution is -2.12. The van der Waals surface area contributed by atoms with Crippen LogP contribution < -0.4 is 10.6 Å². The number of nitrogen functional groups attached to an aromatic ring is 1. The van der Waals surface area contributed by atoms with E-state index in [9.17, 15) is 8.78 Å². The molecule has 0 spiro atoms. The number of nitrogens with zero attached hydrogens (tertiary/aromatic N) is 1. The van der Waals surface area contributed by atoms with Crippen LogP contribution >= 0.6 is 0 Å². The van der Waals surface area contributed by atoms with Gasteiger partial charge in [0, 0.05) is 12.7 Å². The summed E-state index contributed by atoms with van der Waals surface area (Å²) in [6.45, 7) is 0. The zero-order chi connectivity index (χ0) is 12.4. The minimum absolute atomic E-state index is 0.282. The van der Waals surface area contributed by atoms with Gasteiger partial charge in [-0.2, -0.15) is 0 Å². The summed E-state index contributed by atoms with van der Waals surface area (Å²) in [5.74, 6) is -0.873. The monoisotopic (exact) mass is 234 g/mol. The molecule has 0 unspecified atom stereocenters. The quantitative estimate of drug-likeness (QED) is 0.808. The zero-order valence-electron chi connectivity index (χ0n) is 9.32. The van der Waals surface area contributed by atoms with E-state index in [1.807, 2.05) is 0 Å². The molecule has 2 rings (SSSR count). The number of anilines is 3. The molecule has 0 aromatic heterocycles. The van der Waals surface area contributed by atoms with Gasteiger partial charge < -0.3 is 10.6 Å². The fourth-order valence-electron chi connectivity index (χ4n) is 1.65. The molecule has 2 N–H and O–H groups in total. The molecule has 2 aromatic rings. The highest BCUT2D eigenvalue weighted by Gasteiger charge is 2.12. The SMILES string of the molecule is CN(c1ccccc1F)c1ccc(N)cc1F. The third kappa shape index (κ3) is 2.20. The van der Waals surface area contributed by atoms with Crippen molar-refractivity contribution in [3.05, 3.63) is 54.1 Å². The highest BCUT2D eigenvalue weighted by Crippen LogP contribution is 2.28. The molecule has 0 fully saturated rings. The summed E-state index contributed by atoms with van der Waals surface area (Å²) < 4.78 is 27.2. The van der Waals surface area contributed by atoms with Crippen LogP contribution in [0.2, 0.25) is 0 Å². The van der Waals surface area contributed by atoms with Crippen molar-refractivity contribution in [3.63, 3.8) is 0 Å². The average Bonchev–Trinajstić information content (AvgIpc) is 2.29. The third-order valence-corrected chi connectivity index (χ3v) is 2.55. The van der Waals surface area contributed by atoms with Gasteiger partial charge in [-0.05, 0) is 30.3 Å². The van der Waals surface area contributed by atoms with Crippen molar-refractivity contribution < 1.29 is 8.78 Å². The highest BCUT2D eigenvalue weighted by atomic mass is 19.1. The molecule has 0 saturated carbocycles. The van der Waals surface area contributed by atoms with Gasteiger partial charge in [-0.1, -0.05) is 12.1 Å². The maximum absolute atomic E-state index is 13.7. The number of nitrogens with two attached hydrogens (primary N) is 1. The smallest absolute Gasteiger partial charge is 0.148 e. The van der Waals surface area contributed by atoms with E-state index >= 15 is 0 Å². The van der Waals surface area contributed by atoms with Crippen LogP contribution in [0.4, 0.5) is 25.8 Å². The van der Waals surface area contributed by atoms with Gasteiger partial charge in [0.1, 0.15) is 11.6 Å². The first-order valence-electron chi connectivity index (χ1n) is 5.13. The van der Waals surface area contributed by atoms with Gasteiger partial charge in [-0.3, -0.25) is 0 Å². The van der Waals surface area contributed by atoms with Gasteiger partial charge in [0.25, 0.3) is 0 Å². The topological polar surface area (TPSA) is 29.3 Å². The van der Waals surface area contributed by atoms with Gasteiger partial charge in [0.15, 0.2) is 0 Å². The Kier molecular flexibility index (Phi) is 2.95. The predicted molar refractivity (Wildman–Crippen MR) is 65.3 cm³/mol. The number of halogens is 2. The molecule has 0 aliphatic heterocycles. The van der Waals surface area contributed by atoms with Crippen LogP contribution in [0.1, 0.15) is 0 Å². The standard InChI is InChI=1S/C13H12F2N2/c1-17(12-5-3-2-4-10(12)14)13-7-6-9(16)8-11(13)15/h2-8H,16H2,1H3. The maximum atomic E-state index is 13.7. The van der Waals surface area contributed by atoms with Crippen LogP contribution in [-0.2, 0) is 0 Å². The molecule has 0 aliphatic rings. The molecule has 0 heterocycles. The third-order valence-electron chi connectivity index (χ3n) is 2.55. The molecule has 2 aromatic carbocycles. The van der Waals surface area contributed by atoms with E-state index in [1.165, 1.54) is 23.1 Å². The molecule has 4 heteroatoms.